The molecule has 0 bridgehead atoms. The van der Waals surface area contributed by atoms with Crippen molar-refractivity contribution < 1.29 is 19.1 Å². The summed E-state index contributed by atoms with van der Waals surface area (Å²) in [6, 6.07) is 14.1. The molecule has 0 aromatic heterocycles. The van der Waals surface area contributed by atoms with E-state index in [4.69, 9.17) is 4.74 Å². The van der Waals surface area contributed by atoms with E-state index in [0.717, 1.165) is 17.5 Å². The largest absolute Gasteiger partial charge is 0.452 e. The van der Waals surface area contributed by atoms with Crippen LogP contribution in [0.15, 0.2) is 48.5 Å². The number of hydrogen-bond donors (Lipinski definition) is 2. The van der Waals surface area contributed by atoms with Crippen molar-refractivity contribution in [3.63, 3.8) is 0 Å². The number of nitrogens with one attached hydrogen (secondary N) is 2. The summed E-state index contributed by atoms with van der Waals surface area (Å²) in [5.74, 6) is -1.14. The number of carbonyl (C=O) groups excluding carboxylic acids is 3. The fraction of sp³-hybridized carbons (Fsp3) is 0.286. The molecule has 0 saturated heterocycles. The zero-order valence-corrected chi connectivity index (χ0v) is 15.7. The molecule has 0 unspecified atom stereocenters. The number of ether oxygens (including phenoxy) is 1. The number of esters is 1. The fourth-order valence-corrected chi connectivity index (χ4v) is 2.56. The summed E-state index contributed by atoms with van der Waals surface area (Å²) in [6.45, 7) is 5.04. The molecule has 2 N–H and O–H groups in total. The fourth-order valence-electron chi connectivity index (χ4n) is 2.56. The first-order chi connectivity index (χ1) is 12.9. The number of amides is 2. The second-order valence-corrected chi connectivity index (χ2v) is 6.27. The van der Waals surface area contributed by atoms with Crippen molar-refractivity contribution >= 4 is 23.5 Å². The van der Waals surface area contributed by atoms with E-state index in [2.05, 4.69) is 10.6 Å². The van der Waals surface area contributed by atoms with E-state index >= 15 is 0 Å². The van der Waals surface area contributed by atoms with Gasteiger partial charge in [0, 0.05) is 12.6 Å². The maximum absolute atomic E-state index is 12.1. The molecule has 2 amide bonds. The number of rotatable bonds is 7. The van der Waals surface area contributed by atoms with Crippen molar-refractivity contribution in [1.82, 2.24) is 5.32 Å². The molecule has 0 saturated carbocycles. The van der Waals surface area contributed by atoms with Gasteiger partial charge < -0.3 is 15.4 Å². The molecule has 0 aliphatic carbocycles. The number of anilines is 1. The molecular weight excluding hydrogens is 344 g/mol. The summed E-state index contributed by atoms with van der Waals surface area (Å²) in [6.07, 6.45) is 0.730. The SMILES string of the molecule is CC[C@H](NC(=O)COC(=O)c1ccc(NC(C)=O)cc1)c1ccc(C)cc1. The van der Waals surface area contributed by atoms with Crippen molar-refractivity contribution in [3.8, 4) is 0 Å². The minimum atomic E-state index is -0.595. The lowest BCUT2D eigenvalue weighted by Gasteiger charge is -2.17. The molecule has 0 radical (unpaired) electrons. The third kappa shape index (κ3) is 6.26. The third-order valence-corrected chi connectivity index (χ3v) is 4.00. The van der Waals surface area contributed by atoms with Crippen LogP contribution in [-0.4, -0.2) is 24.4 Å². The van der Waals surface area contributed by atoms with Crippen LogP contribution in [0, 0.1) is 6.92 Å². The minimum Gasteiger partial charge on any atom is -0.452 e. The molecule has 0 heterocycles. The normalized spacial score (nSPS) is 11.4. The van der Waals surface area contributed by atoms with Crippen molar-refractivity contribution in [2.24, 2.45) is 0 Å². The predicted molar refractivity (Wildman–Crippen MR) is 103 cm³/mol. The Bertz CT molecular complexity index is 798. The Labute approximate surface area is 158 Å². The van der Waals surface area contributed by atoms with Gasteiger partial charge in [0.2, 0.25) is 5.91 Å². The molecule has 1 atom stereocenters. The van der Waals surface area contributed by atoms with Crippen LogP contribution in [0.1, 0.15) is 47.8 Å². The molecule has 0 aliphatic heterocycles. The highest BCUT2D eigenvalue weighted by Crippen LogP contribution is 2.17. The van der Waals surface area contributed by atoms with E-state index in [-0.39, 0.29) is 24.5 Å². The van der Waals surface area contributed by atoms with Gasteiger partial charge in [-0.05, 0) is 43.2 Å². The van der Waals surface area contributed by atoms with E-state index in [1.807, 2.05) is 38.1 Å². The van der Waals surface area contributed by atoms with Gasteiger partial charge in [-0.3, -0.25) is 9.59 Å². The van der Waals surface area contributed by atoms with Crippen LogP contribution in [0.5, 0.6) is 0 Å². The zero-order chi connectivity index (χ0) is 19.8. The lowest BCUT2D eigenvalue weighted by Crippen LogP contribution is -2.32. The first-order valence-corrected chi connectivity index (χ1v) is 8.79. The zero-order valence-electron chi connectivity index (χ0n) is 15.7. The van der Waals surface area contributed by atoms with Crippen LogP contribution in [0.4, 0.5) is 5.69 Å². The van der Waals surface area contributed by atoms with Gasteiger partial charge >= 0.3 is 5.97 Å². The predicted octanol–water partition coefficient (Wildman–Crippen LogP) is 3.38. The summed E-state index contributed by atoms with van der Waals surface area (Å²) >= 11 is 0. The highest BCUT2D eigenvalue weighted by atomic mass is 16.5. The van der Waals surface area contributed by atoms with Crippen LogP contribution >= 0.6 is 0 Å². The monoisotopic (exact) mass is 368 g/mol. The molecule has 6 nitrogen and oxygen atoms in total. The molecule has 2 aromatic carbocycles. The van der Waals surface area contributed by atoms with E-state index < -0.39 is 5.97 Å². The number of aryl methyl sites for hydroxylation is 1. The first-order valence-electron chi connectivity index (χ1n) is 8.79. The van der Waals surface area contributed by atoms with Gasteiger partial charge in [-0.1, -0.05) is 36.8 Å². The number of benzene rings is 2. The smallest absolute Gasteiger partial charge is 0.338 e. The van der Waals surface area contributed by atoms with Gasteiger partial charge in [-0.25, -0.2) is 4.79 Å². The second kappa shape index (κ2) is 9.52. The molecule has 0 aliphatic rings. The molecule has 142 valence electrons. The quantitative estimate of drug-likeness (QED) is 0.734. The summed E-state index contributed by atoms with van der Waals surface area (Å²) in [5, 5.41) is 5.49. The molecule has 27 heavy (non-hydrogen) atoms. The Hall–Kier alpha value is -3.15. The van der Waals surface area contributed by atoms with Crippen LogP contribution in [0.2, 0.25) is 0 Å². The van der Waals surface area contributed by atoms with E-state index in [9.17, 15) is 14.4 Å². The molecule has 2 rings (SSSR count). The molecule has 2 aromatic rings. The third-order valence-electron chi connectivity index (χ3n) is 4.00. The molecule has 0 spiro atoms. The summed E-state index contributed by atoms with van der Waals surface area (Å²) < 4.78 is 5.07. The van der Waals surface area contributed by atoms with Crippen LogP contribution in [0.3, 0.4) is 0 Å². The Morgan fingerprint density at radius 1 is 1.00 bits per heavy atom. The van der Waals surface area contributed by atoms with Gasteiger partial charge in [-0.15, -0.1) is 0 Å². The van der Waals surface area contributed by atoms with Crippen molar-refractivity contribution in [3.05, 3.63) is 65.2 Å². The summed E-state index contributed by atoms with van der Waals surface area (Å²) in [5.41, 5.74) is 3.05. The van der Waals surface area contributed by atoms with E-state index in [1.165, 1.54) is 19.1 Å². The highest BCUT2D eigenvalue weighted by molar-refractivity contribution is 5.93. The lowest BCUT2D eigenvalue weighted by molar-refractivity contribution is -0.125. The average molecular weight is 368 g/mol. The summed E-state index contributed by atoms with van der Waals surface area (Å²) in [4.78, 5) is 35.2. The van der Waals surface area contributed by atoms with Gasteiger partial charge in [0.1, 0.15) is 0 Å². The van der Waals surface area contributed by atoms with Gasteiger partial charge in [0.25, 0.3) is 5.91 Å². The van der Waals surface area contributed by atoms with E-state index in [0.29, 0.717) is 11.3 Å². The van der Waals surface area contributed by atoms with Crippen LogP contribution in [-0.2, 0) is 14.3 Å². The van der Waals surface area contributed by atoms with Gasteiger partial charge in [0.15, 0.2) is 6.61 Å². The number of hydrogen-bond acceptors (Lipinski definition) is 4. The second-order valence-electron chi connectivity index (χ2n) is 6.27. The minimum absolute atomic E-state index is 0.131. The Morgan fingerprint density at radius 2 is 1.63 bits per heavy atom. The van der Waals surface area contributed by atoms with Gasteiger partial charge in [-0.2, -0.15) is 0 Å². The number of carbonyl (C=O) groups is 3. The van der Waals surface area contributed by atoms with E-state index in [1.54, 1.807) is 12.1 Å². The van der Waals surface area contributed by atoms with Crippen LogP contribution in [0.25, 0.3) is 0 Å². The summed E-state index contributed by atoms with van der Waals surface area (Å²) in [7, 11) is 0. The maximum atomic E-state index is 12.1. The highest BCUT2D eigenvalue weighted by Gasteiger charge is 2.15. The first kappa shape index (κ1) is 20.2. The standard InChI is InChI=1S/C21H24N2O4/c1-4-19(16-7-5-14(2)6-8-16)23-20(25)13-27-21(26)17-9-11-18(12-10-17)22-15(3)24/h5-12,19H,4,13H2,1-3H3,(H,22,24)(H,23,25)/t19-/m0/s1. The molecular formula is C21H24N2O4. The van der Waals surface area contributed by atoms with Crippen LogP contribution < -0.4 is 10.6 Å². The topological polar surface area (TPSA) is 84.5 Å². The Morgan fingerprint density at radius 3 is 2.19 bits per heavy atom. The average Bonchev–Trinajstić information content (AvgIpc) is 2.65. The Kier molecular flexibility index (Phi) is 7.11. The van der Waals surface area contributed by atoms with Crippen molar-refractivity contribution in [2.75, 3.05) is 11.9 Å². The molecule has 6 heteroatoms. The maximum Gasteiger partial charge on any atom is 0.338 e. The van der Waals surface area contributed by atoms with Crippen molar-refractivity contribution in [1.29, 1.82) is 0 Å². The van der Waals surface area contributed by atoms with Crippen molar-refractivity contribution in [2.45, 2.75) is 33.2 Å². The Balaban J connectivity index is 1.87. The van der Waals surface area contributed by atoms with Gasteiger partial charge in [0.05, 0.1) is 11.6 Å². The molecule has 0 fully saturated rings. The lowest BCUT2D eigenvalue weighted by atomic mass is 10.0.